The van der Waals surface area contributed by atoms with Gasteiger partial charge < -0.3 is 10.1 Å². The lowest BCUT2D eigenvalue weighted by molar-refractivity contribution is 0.476. The summed E-state index contributed by atoms with van der Waals surface area (Å²) in [6.07, 6.45) is 6.92. The van der Waals surface area contributed by atoms with Crippen LogP contribution in [0.25, 0.3) is 0 Å². The van der Waals surface area contributed by atoms with E-state index in [-0.39, 0.29) is 5.75 Å². The predicted molar refractivity (Wildman–Crippen MR) is 74.8 cm³/mol. The molecular weight excluding hydrogens is 224 g/mol. The van der Waals surface area contributed by atoms with Crippen molar-refractivity contribution in [1.29, 1.82) is 0 Å². The number of aryl methyl sites for hydroxylation is 1. The van der Waals surface area contributed by atoms with Crippen LogP contribution in [-0.2, 0) is 6.42 Å². The Bertz CT molecular complexity index is 515. The van der Waals surface area contributed by atoms with Gasteiger partial charge in [-0.1, -0.05) is 19.4 Å². The van der Waals surface area contributed by atoms with Gasteiger partial charge in [-0.3, -0.25) is 4.99 Å². The summed E-state index contributed by atoms with van der Waals surface area (Å²) in [6.45, 7) is 2.17. The summed E-state index contributed by atoms with van der Waals surface area (Å²) >= 11 is 0. The minimum absolute atomic E-state index is 0.220. The Balaban J connectivity index is 2.16. The van der Waals surface area contributed by atoms with E-state index in [2.05, 4.69) is 16.9 Å². The van der Waals surface area contributed by atoms with Gasteiger partial charge in [-0.15, -0.1) is 0 Å². The van der Waals surface area contributed by atoms with Crippen molar-refractivity contribution in [1.82, 2.24) is 4.98 Å². The molecule has 3 heteroatoms. The summed E-state index contributed by atoms with van der Waals surface area (Å²) in [5.74, 6) is 0.220. The first-order valence-electron chi connectivity index (χ1n) is 6.29. The zero-order valence-corrected chi connectivity index (χ0v) is 10.6. The van der Waals surface area contributed by atoms with Crippen LogP contribution in [0.3, 0.4) is 0 Å². The normalized spacial score (nSPS) is 11.2. The number of nitrogens with one attached hydrogen (secondary N) is 1. The molecule has 1 aromatic heterocycles. The van der Waals surface area contributed by atoms with Crippen LogP contribution < -0.4 is 0 Å². The fraction of sp³-hybridized carbons (Fsp3) is 0.267. The number of aliphatic imine (C=N–C) groups is 1. The van der Waals surface area contributed by atoms with E-state index in [1.807, 2.05) is 30.5 Å². The average molecular weight is 242 g/mol. The van der Waals surface area contributed by atoms with Crippen molar-refractivity contribution in [3.63, 3.8) is 0 Å². The minimum Gasteiger partial charge on any atom is -0.506 e. The Morgan fingerprint density at radius 2 is 2.22 bits per heavy atom. The van der Waals surface area contributed by atoms with Gasteiger partial charge in [0.2, 0.25) is 0 Å². The topological polar surface area (TPSA) is 48.4 Å². The molecule has 0 saturated heterocycles. The van der Waals surface area contributed by atoms with Gasteiger partial charge in [-0.05, 0) is 42.7 Å². The second kappa shape index (κ2) is 6.05. The highest BCUT2D eigenvalue weighted by molar-refractivity contribution is 5.80. The SMILES string of the molecule is CCCCc1ccc(O)c(N=Cc2ccc[nH]2)c1. The maximum Gasteiger partial charge on any atom is 0.141 e. The summed E-state index contributed by atoms with van der Waals surface area (Å²) in [5.41, 5.74) is 2.76. The first-order chi connectivity index (χ1) is 8.79. The largest absolute Gasteiger partial charge is 0.506 e. The molecular formula is C15H18N2O. The first kappa shape index (κ1) is 12.4. The lowest BCUT2D eigenvalue weighted by atomic mass is 10.1. The Hall–Kier alpha value is -2.03. The van der Waals surface area contributed by atoms with E-state index in [0.29, 0.717) is 5.69 Å². The van der Waals surface area contributed by atoms with E-state index in [1.54, 1.807) is 12.3 Å². The molecule has 0 atom stereocenters. The van der Waals surface area contributed by atoms with E-state index in [1.165, 1.54) is 12.0 Å². The highest BCUT2D eigenvalue weighted by Gasteiger charge is 2.01. The number of benzene rings is 1. The fourth-order valence-electron chi connectivity index (χ4n) is 1.77. The minimum atomic E-state index is 0.220. The average Bonchev–Trinajstić information content (AvgIpc) is 2.89. The Kier molecular flexibility index (Phi) is 4.18. The van der Waals surface area contributed by atoms with Crippen LogP contribution >= 0.6 is 0 Å². The number of nitrogens with zero attached hydrogens (tertiary/aromatic N) is 1. The summed E-state index contributed by atoms with van der Waals surface area (Å²) in [5, 5.41) is 9.77. The number of H-pyrrole nitrogens is 1. The quantitative estimate of drug-likeness (QED) is 0.769. The Morgan fingerprint density at radius 3 is 2.94 bits per heavy atom. The van der Waals surface area contributed by atoms with Crippen LogP contribution in [0.5, 0.6) is 5.75 Å². The van der Waals surface area contributed by atoms with Gasteiger partial charge >= 0.3 is 0 Å². The van der Waals surface area contributed by atoms with Crippen LogP contribution in [0.4, 0.5) is 5.69 Å². The molecule has 1 heterocycles. The molecule has 2 aromatic rings. The second-order valence-corrected chi connectivity index (χ2v) is 4.31. The predicted octanol–water partition coefficient (Wildman–Crippen LogP) is 3.81. The molecule has 0 fully saturated rings. The standard InChI is InChI=1S/C15H18N2O/c1-2-3-5-12-7-8-15(18)14(10-12)17-11-13-6-4-9-16-13/h4,6-11,16,18H,2-3,5H2,1H3. The summed E-state index contributed by atoms with van der Waals surface area (Å²) in [6, 6.07) is 9.47. The summed E-state index contributed by atoms with van der Waals surface area (Å²) in [7, 11) is 0. The lowest BCUT2D eigenvalue weighted by Crippen LogP contribution is -1.85. The van der Waals surface area contributed by atoms with Gasteiger partial charge in [0, 0.05) is 6.20 Å². The van der Waals surface area contributed by atoms with Crippen LogP contribution in [0.1, 0.15) is 31.0 Å². The number of phenols is 1. The zero-order chi connectivity index (χ0) is 12.8. The number of unbranched alkanes of at least 4 members (excludes halogenated alkanes) is 1. The molecule has 3 nitrogen and oxygen atoms in total. The van der Waals surface area contributed by atoms with Crippen LogP contribution in [-0.4, -0.2) is 16.3 Å². The number of aromatic nitrogens is 1. The van der Waals surface area contributed by atoms with Crippen molar-refractivity contribution >= 4 is 11.9 Å². The molecule has 0 unspecified atom stereocenters. The highest BCUT2D eigenvalue weighted by atomic mass is 16.3. The third-order valence-corrected chi connectivity index (χ3v) is 2.82. The smallest absolute Gasteiger partial charge is 0.141 e. The fourth-order valence-corrected chi connectivity index (χ4v) is 1.77. The molecule has 0 spiro atoms. The van der Waals surface area contributed by atoms with E-state index < -0.39 is 0 Å². The van der Waals surface area contributed by atoms with Crippen LogP contribution in [0.15, 0.2) is 41.5 Å². The number of rotatable bonds is 5. The molecule has 0 amide bonds. The zero-order valence-electron chi connectivity index (χ0n) is 10.6. The number of hydrogen-bond donors (Lipinski definition) is 2. The van der Waals surface area contributed by atoms with Gasteiger partial charge in [0.05, 0.1) is 11.9 Å². The first-order valence-corrected chi connectivity index (χ1v) is 6.29. The van der Waals surface area contributed by atoms with Crippen molar-refractivity contribution in [3.8, 4) is 5.75 Å². The van der Waals surface area contributed by atoms with E-state index in [0.717, 1.165) is 18.5 Å². The van der Waals surface area contributed by atoms with Crippen molar-refractivity contribution in [2.24, 2.45) is 4.99 Å². The van der Waals surface area contributed by atoms with Gasteiger partial charge in [0.25, 0.3) is 0 Å². The highest BCUT2D eigenvalue weighted by Crippen LogP contribution is 2.27. The maximum atomic E-state index is 9.77. The molecule has 0 radical (unpaired) electrons. The number of phenolic OH excluding ortho intramolecular Hbond substituents is 1. The molecule has 0 aliphatic heterocycles. The third kappa shape index (κ3) is 3.23. The maximum absolute atomic E-state index is 9.77. The van der Waals surface area contributed by atoms with E-state index in [4.69, 9.17) is 0 Å². The van der Waals surface area contributed by atoms with Gasteiger partial charge in [0.15, 0.2) is 0 Å². The third-order valence-electron chi connectivity index (χ3n) is 2.82. The molecule has 2 N–H and O–H groups in total. The Labute approximate surface area is 107 Å². The monoisotopic (exact) mass is 242 g/mol. The van der Waals surface area contributed by atoms with Crippen molar-refractivity contribution in [3.05, 3.63) is 47.8 Å². The molecule has 0 aliphatic rings. The number of aromatic hydroxyl groups is 1. The molecule has 0 saturated carbocycles. The molecule has 0 aliphatic carbocycles. The van der Waals surface area contributed by atoms with Crippen LogP contribution in [0.2, 0.25) is 0 Å². The van der Waals surface area contributed by atoms with Crippen LogP contribution in [0, 0.1) is 0 Å². The second-order valence-electron chi connectivity index (χ2n) is 4.31. The number of hydrogen-bond acceptors (Lipinski definition) is 2. The molecule has 94 valence electrons. The summed E-state index contributed by atoms with van der Waals surface area (Å²) < 4.78 is 0. The van der Waals surface area contributed by atoms with Crippen molar-refractivity contribution in [2.75, 3.05) is 0 Å². The van der Waals surface area contributed by atoms with Crippen molar-refractivity contribution in [2.45, 2.75) is 26.2 Å². The summed E-state index contributed by atoms with van der Waals surface area (Å²) in [4.78, 5) is 7.36. The van der Waals surface area contributed by atoms with Gasteiger partial charge in [0.1, 0.15) is 11.4 Å². The van der Waals surface area contributed by atoms with Crippen molar-refractivity contribution < 1.29 is 5.11 Å². The van der Waals surface area contributed by atoms with Gasteiger partial charge in [-0.2, -0.15) is 0 Å². The number of aromatic amines is 1. The molecule has 1 aromatic carbocycles. The lowest BCUT2D eigenvalue weighted by Gasteiger charge is -2.03. The van der Waals surface area contributed by atoms with E-state index >= 15 is 0 Å². The van der Waals surface area contributed by atoms with Gasteiger partial charge in [-0.25, -0.2) is 0 Å². The molecule has 2 rings (SSSR count). The molecule has 18 heavy (non-hydrogen) atoms. The van der Waals surface area contributed by atoms with E-state index in [9.17, 15) is 5.11 Å². The Morgan fingerprint density at radius 1 is 1.33 bits per heavy atom. The molecule has 0 bridgehead atoms.